The van der Waals surface area contributed by atoms with Crippen LogP contribution in [0.3, 0.4) is 0 Å². The van der Waals surface area contributed by atoms with E-state index >= 15 is 0 Å². The third-order valence-electron chi connectivity index (χ3n) is 7.18. The molecule has 3 aliphatic rings. The molecule has 1 aromatic carbocycles. The zero-order valence-electron chi connectivity index (χ0n) is 20.4. The molecule has 1 saturated heterocycles. The smallest absolute Gasteiger partial charge is 0.309 e. The van der Waals surface area contributed by atoms with Gasteiger partial charge in [-0.15, -0.1) is 0 Å². The van der Waals surface area contributed by atoms with Gasteiger partial charge in [0.25, 0.3) is 5.79 Å². The van der Waals surface area contributed by atoms with Crippen molar-refractivity contribution in [1.29, 1.82) is 0 Å². The highest BCUT2D eigenvalue weighted by Crippen LogP contribution is 2.40. The molecule has 190 valence electrons. The highest BCUT2D eigenvalue weighted by Gasteiger charge is 2.46. The number of halogens is 1. The number of allylic oxidation sites excluding steroid dienone is 1. The minimum absolute atomic E-state index is 0.00607. The largest absolute Gasteiger partial charge is 0.416 e. The number of nitrogens with one attached hydrogen (secondary N) is 2. The first-order valence-electron chi connectivity index (χ1n) is 12.9. The van der Waals surface area contributed by atoms with E-state index in [1.807, 2.05) is 12.3 Å². The third-order valence-corrected chi connectivity index (χ3v) is 7.49. The number of esters is 2. The predicted octanol–water partition coefficient (Wildman–Crippen LogP) is 5.12. The Morgan fingerprint density at radius 1 is 1.06 bits per heavy atom. The van der Waals surface area contributed by atoms with Crippen molar-refractivity contribution in [2.45, 2.75) is 63.7 Å². The van der Waals surface area contributed by atoms with Crippen molar-refractivity contribution in [3.05, 3.63) is 63.9 Å². The van der Waals surface area contributed by atoms with Gasteiger partial charge in [0.1, 0.15) is 0 Å². The Morgan fingerprint density at radius 3 is 2.56 bits per heavy atom. The van der Waals surface area contributed by atoms with Crippen LogP contribution in [-0.4, -0.2) is 30.0 Å². The Hall–Kier alpha value is -2.90. The molecular weight excluding hydrogens is 478 g/mol. The summed E-state index contributed by atoms with van der Waals surface area (Å²) < 4.78 is 11.4. The van der Waals surface area contributed by atoms with E-state index < -0.39 is 17.7 Å². The fourth-order valence-electron chi connectivity index (χ4n) is 5.26. The molecule has 0 radical (unpaired) electrons. The number of benzene rings is 1. The number of nitrogens with zero attached hydrogens (tertiary/aromatic N) is 1. The summed E-state index contributed by atoms with van der Waals surface area (Å²) in [5.41, 5.74) is 4.21. The minimum atomic E-state index is -1.50. The van der Waals surface area contributed by atoms with Crippen LogP contribution in [0.5, 0.6) is 0 Å². The quantitative estimate of drug-likeness (QED) is 0.541. The molecule has 8 heteroatoms. The second-order valence-electron chi connectivity index (χ2n) is 9.77. The van der Waals surface area contributed by atoms with Crippen molar-refractivity contribution in [3.63, 3.8) is 0 Å². The first kappa shape index (κ1) is 24.8. The fraction of sp³-hybridized carbons (Fsp3) is 0.464. The molecule has 1 aromatic heterocycles. The van der Waals surface area contributed by atoms with Crippen LogP contribution in [0.2, 0.25) is 5.02 Å². The van der Waals surface area contributed by atoms with Crippen molar-refractivity contribution in [2.24, 2.45) is 5.92 Å². The molecule has 0 unspecified atom stereocenters. The Labute approximate surface area is 216 Å². The monoisotopic (exact) mass is 509 g/mol. The lowest BCUT2D eigenvalue weighted by Crippen LogP contribution is -2.43. The standard InChI is InChI=1S/C28H32ClN3O4/c29-24-11-10-23-22(14-15-30-18-28(23)35-25(33)12-13-26(34)36-28)27(24)32-17-21-9-8-20(16-31-21)7-6-19-4-2-1-3-5-19/h6-11,16,19,30,32H,1-5,12-15,17-18H2/b7-6-. The Kier molecular flexibility index (Phi) is 7.58. The molecule has 0 bridgehead atoms. The van der Waals surface area contributed by atoms with Crippen molar-refractivity contribution in [1.82, 2.24) is 10.3 Å². The molecule has 0 amide bonds. The van der Waals surface area contributed by atoms with Crippen molar-refractivity contribution in [3.8, 4) is 0 Å². The average Bonchev–Trinajstić information content (AvgIpc) is 3.15. The molecule has 1 spiro atoms. The lowest BCUT2D eigenvalue weighted by atomic mass is 9.89. The number of hydrogen-bond acceptors (Lipinski definition) is 7. The fourth-order valence-corrected chi connectivity index (χ4v) is 5.50. The van der Waals surface area contributed by atoms with E-state index in [0.717, 1.165) is 22.5 Å². The molecule has 2 aliphatic heterocycles. The normalized spacial score (nSPS) is 20.4. The maximum Gasteiger partial charge on any atom is 0.309 e. The van der Waals surface area contributed by atoms with E-state index in [2.05, 4.69) is 33.8 Å². The Morgan fingerprint density at radius 2 is 1.83 bits per heavy atom. The van der Waals surface area contributed by atoms with Crippen LogP contribution in [0.1, 0.15) is 67.3 Å². The first-order valence-corrected chi connectivity index (χ1v) is 13.2. The molecule has 2 N–H and O–H groups in total. The van der Waals surface area contributed by atoms with Crippen LogP contribution in [0.15, 0.2) is 36.5 Å². The van der Waals surface area contributed by atoms with Crippen molar-refractivity contribution >= 4 is 35.3 Å². The summed E-state index contributed by atoms with van der Waals surface area (Å²) in [6.07, 6.45) is 13.6. The van der Waals surface area contributed by atoms with E-state index in [4.69, 9.17) is 21.1 Å². The van der Waals surface area contributed by atoms with Gasteiger partial charge in [-0.25, -0.2) is 0 Å². The lowest BCUT2D eigenvalue weighted by molar-refractivity contribution is -0.225. The molecule has 7 nitrogen and oxygen atoms in total. The van der Waals surface area contributed by atoms with E-state index in [9.17, 15) is 9.59 Å². The average molecular weight is 510 g/mol. The third kappa shape index (κ3) is 5.57. The molecule has 1 aliphatic carbocycles. The van der Waals surface area contributed by atoms with Gasteiger partial charge in [-0.1, -0.05) is 49.1 Å². The van der Waals surface area contributed by atoms with Crippen LogP contribution >= 0.6 is 11.6 Å². The van der Waals surface area contributed by atoms with Gasteiger partial charge >= 0.3 is 11.9 Å². The summed E-state index contributed by atoms with van der Waals surface area (Å²) in [6.45, 7) is 1.29. The number of hydrogen-bond donors (Lipinski definition) is 2. The van der Waals surface area contributed by atoms with Crippen LogP contribution in [0.4, 0.5) is 5.69 Å². The number of ether oxygens (including phenoxy) is 2. The predicted molar refractivity (Wildman–Crippen MR) is 138 cm³/mol. The number of anilines is 1. The minimum Gasteiger partial charge on any atom is -0.416 e. The van der Waals surface area contributed by atoms with Gasteiger partial charge in [0.05, 0.1) is 42.3 Å². The second-order valence-corrected chi connectivity index (χ2v) is 10.2. The summed E-state index contributed by atoms with van der Waals surface area (Å²) in [5.74, 6) is -1.73. The van der Waals surface area contributed by atoms with Crippen LogP contribution in [0.25, 0.3) is 6.08 Å². The molecule has 5 rings (SSSR count). The maximum absolute atomic E-state index is 12.3. The number of carbonyl (C=O) groups is 2. The van der Waals surface area contributed by atoms with E-state index in [-0.39, 0.29) is 19.4 Å². The summed E-state index contributed by atoms with van der Waals surface area (Å²) in [6, 6.07) is 7.63. The Balaban J connectivity index is 1.34. The Bertz CT molecular complexity index is 1120. The molecule has 2 aromatic rings. The highest BCUT2D eigenvalue weighted by atomic mass is 35.5. The van der Waals surface area contributed by atoms with Gasteiger partial charge in [-0.2, -0.15) is 0 Å². The maximum atomic E-state index is 12.3. The van der Waals surface area contributed by atoms with Gasteiger partial charge in [0.15, 0.2) is 0 Å². The van der Waals surface area contributed by atoms with Gasteiger partial charge in [-0.05, 0) is 61.1 Å². The van der Waals surface area contributed by atoms with Gasteiger partial charge in [0, 0.05) is 11.8 Å². The van der Waals surface area contributed by atoms with E-state index in [0.29, 0.717) is 36.0 Å². The highest BCUT2D eigenvalue weighted by molar-refractivity contribution is 6.33. The lowest BCUT2D eigenvalue weighted by Gasteiger charge is -2.32. The molecular formula is C28H32ClN3O4. The molecule has 0 atom stereocenters. The summed E-state index contributed by atoms with van der Waals surface area (Å²) in [5, 5.41) is 7.21. The van der Waals surface area contributed by atoms with Gasteiger partial charge in [0.2, 0.25) is 0 Å². The van der Waals surface area contributed by atoms with Crippen LogP contribution in [-0.2, 0) is 37.8 Å². The van der Waals surface area contributed by atoms with E-state index in [1.54, 1.807) is 12.1 Å². The number of pyridine rings is 1. The number of fused-ring (bicyclic) bond motifs is 2. The topological polar surface area (TPSA) is 89.6 Å². The molecule has 3 heterocycles. The number of carbonyl (C=O) groups excluding carboxylic acids is 2. The van der Waals surface area contributed by atoms with Crippen LogP contribution in [0, 0.1) is 5.92 Å². The summed E-state index contributed by atoms with van der Waals surface area (Å²) in [4.78, 5) is 29.3. The number of aromatic nitrogens is 1. The second kappa shape index (κ2) is 11.0. The van der Waals surface area contributed by atoms with E-state index in [1.165, 1.54) is 32.1 Å². The summed E-state index contributed by atoms with van der Waals surface area (Å²) in [7, 11) is 0. The summed E-state index contributed by atoms with van der Waals surface area (Å²) >= 11 is 6.61. The van der Waals surface area contributed by atoms with Crippen molar-refractivity contribution < 1.29 is 19.1 Å². The zero-order valence-corrected chi connectivity index (χ0v) is 21.1. The van der Waals surface area contributed by atoms with Gasteiger partial charge < -0.3 is 20.1 Å². The molecule has 1 saturated carbocycles. The number of rotatable bonds is 5. The van der Waals surface area contributed by atoms with Crippen LogP contribution < -0.4 is 10.6 Å². The molecule has 2 fully saturated rings. The van der Waals surface area contributed by atoms with Crippen molar-refractivity contribution in [2.75, 3.05) is 18.4 Å². The molecule has 36 heavy (non-hydrogen) atoms. The first-order chi connectivity index (χ1) is 17.5. The van der Waals surface area contributed by atoms with Gasteiger partial charge in [-0.3, -0.25) is 14.6 Å². The zero-order chi connectivity index (χ0) is 25.0. The SMILES string of the molecule is O=C1CCC(=O)OC2(CNCCc3c2ccc(Cl)c3NCc2ccc(/C=C\C3CCCCC3)cn2)O1.